The summed E-state index contributed by atoms with van der Waals surface area (Å²) in [6.07, 6.45) is 2.80. The molecule has 1 amide bonds. The van der Waals surface area contributed by atoms with E-state index in [1.165, 1.54) is 6.20 Å². The highest BCUT2D eigenvalue weighted by molar-refractivity contribution is 5.93. The van der Waals surface area contributed by atoms with Gasteiger partial charge in [-0.2, -0.15) is 0 Å². The Balaban J connectivity index is 1.48. The maximum atomic E-state index is 13.0. The van der Waals surface area contributed by atoms with Crippen LogP contribution in [0.1, 0.15) is 16.1 Å². The average Bonchev–Trinajstić information content (AvgIpc) is 2.82. The third kappa shape index (κ3) is 4.35. The molecule has 1 fully saturated rings. The lowest BCUT2D eigenvalue weighted by atomic mass is 10.2. The van der Waals surface area contributed by atoms with E-state index in [1.807, 2.05) is 24.3 Å². The zero-order valence-electron chi connectivity index (χ0n) is 17.2. The summed E-state index contributed by atoms with van der Waals surface area (Å²) in [6.45, 7) is 2.24. The first-order valence-corrected chi connectivity index (χ1v) is 9.97. The molecule has 2 aromatic heterocycles. The van der Waals surface area contributed by atoms with Crippen LogP contribution in [-0.4, -0.2) is 58.6 Å². The molecule has 31 heavy (non-hydrogen) atoms. The Morgan fingerprint density at radius 3 is 2.45 bits per heavy atom. The van der Waals surface area contributed by atoms with Crippen molar-refractivity contribution in [3.05, 3.63) is 87.0 Å². The van der Waals surface area contributed by atoms with Gasteiger partial charge in [0.2, 0.25) is 0 Å². The SMILES string of the molecule is COc1ccc(N2CCN(C(=O)c3c[nH]c(=O)n(Cc4ccccn4)c3=O)CC2)cc1. The van der Waals surface area contributed by atoms with E-state index in [9.17, 15) is 14.4 Å². The summed E-state index contributed by atoms with van der Waals surface area (Å²) in [4.78, 5) is 48.5. The number of carbonyl (C=O) groups excluding carboxylic acids is 1. The number of rotatable bonds is 5. The summed E-state index contributed by atoms with van der Waals surface area (Å²) in [5.74, 6) is 0.406. The number of amides is 1. The predicted molar refractivity (Wildman–Crippen MR) is 116 cm³/mol. The van der Waals surface area contributed by atoms with Crippen LogP contribution in [0.4, 0.5) is 5.69 Å². The van der Waals surface area contributed by atoms with Crippen molar-refractivity contribution in [3.8, 4) is 5.75 Å². The molecule has 3 aromatic rings. The zero-order valence-corrected chi connectivity index (χ0v) is 17.2. The molecule has 0 spiro atoms. The van der Waals surface area contributed by atoms with Crippen LogP contribution in [0, 0.1) is 0 Å². The molecule has 1 aliphatic heterocycles. The summed E-state index contributed by atoms with van der Waals surface area (Å²) in [5, 5.41) is 0. The molecule has 0 bridgehead atoms. The van der Waals surface area contributed by atoms with Gasteiger partial charge in [0.05, 0.1) is 19.3 Å². The number of hydrogen-bond acceptors (Lipinski definition) is 6. The topological polar surface area (TPSA) is 101 Å². The van der Waals surface area contributed by atoms with Crippen molar-refractivity contribution in [2.75, 3.05) is 38.2 Å². The highest BCUT2D eigenvalue weighted by Crippen LogP contribution is 2.20. The van der Waals surface area contributed by atoms with Crippen molar-refractivity contribution in [1.82, 2.24) is 19.4 Å². The van der Waals surface area contributed by atoms with Crippen molar-refractivity contribution in [2.45, 2.75) is 6.54 Å². The summed E-state index contributed by atoms with van der Waals surface area (Å²) in [6, 6.07) is 13.0. The maximum absolute atomic E-state index is 13.0. The predicted octanol–water partition coefficient (Wildman–Crippen LogP) is 0.951. The smallest absolute Gasteiger partial charge is 0.328 e. The fourth-order valence-corrected chi connectivity index (χ4v) is 3.59. The number of piperazine rings is 1. The second kappa shape index (κ2) is 8.86. The van der Waals surface area contributed by atoms with Gasteiger partial charge < -0.3 is 19.5 Å². The molecule has 1 aliphatic rings. The third-order valence-electron chi connectivity index (χ3n) is 5.34. The second-order valence-corrected chi connectivity index (χ2v) is 7.20. The van der Waals surface area contributed by atoms with Crippen LogP contribution in [0.15, 0.2) is 64.4 Å². The average molecular weight is 421 g/mol. The molecule has 0 saturated carbocycles. The van der Waals surface area contributed by atoms with Crippen LogP contribution in [0.3, 0.4) is 0 Å². The van der Waals surface area contributed by atoms with E-state index in [1.54, 1.807) is 36.4 Å². The van der Waals surface area contributed by atoms with Crippen molar-refractivity contribution in [1.29, 1.82) is 0 Å². The number of benzene rings is 1. The first-order chi connectivity index (χ1) is 15.1. The van der Waals surface area contributed by atoms with Crippen molar-refractivity contribution in [2.24, 2.45) is 0 Å². The first kappa shape index (κ1) is 20.4. The van der Waals surface area contributed by atoms with Gasteiger partial charge in [-0.05, 0) is 36.4 Å². The van der Waals surface area contributed by atoms with E-state index < -0.39 is 11.2 Å². The summed E-state index contributed by atoms with van der Waals surface area (Å²) >= 11 is 0. The lowest BCUT2D eigenvalue weighted by molar-refractivity contribution is 0.0743. The Morgan fingerprint density at radius 2 is 1.81 bits per heavy atom. The third-order valence-corrected chi connectivity index (χ3v) is 5.34. The monoisotopic (exact) mass is 421 g/mol. The van der Waals surface area contributed by atoms with Gasteiger partial charge in [-0.3, -0.25) is 19.1 Å². The molecular weight excluding hydrogens is 398 g/mol. The Kier molecular flexibility index (Phi) is 5.83. The van der Waals surface area contributed by atoms with E-state index in [0.29, 0.717) is 31.9 Å². The Labute approximate surface area is 178 Å². The van der Waals surface area contributed by atoms with Crippen LogP contribution in [-0.2, 0) is 6.54 Å². The van der Waals surface area contributed by atoms with Crippen LogP contribution >= 0.6 is 0 Å². The fourth-order valence-electron chi connectivity index (χ4n) is 3.59. The van der Waals surface area contributed by atoms with Gasteiger partial charge in [-0.1, -0.05) is 6.07 Å². The van der Waals surface area contributed by atoms with E-state index in [0.717, 1.165) is 16.0 Å². The largest absolute Gasteiger partial charge is 0.497 e. The molecule has 1 saturated heterocycles. The van der Waals surface area contributed by atoms with Gasteiger partial charge in [-0.25, -0.2) is 4.79 Å². The lowest BCUT2D eigenvalue weighted by Crippen LogP contribution is -2.50. The van der Waals surface area contributed by atoms with Crippen molar-refractivity contribution in [3.63, 3.8) is 0 Å². The van der Waals surface area contributed by atoms with Gasteiger partial charge in [0.25, 0.3) is 11.5 Å². The van der Waals surface area contributed by atoms with Gasteiger partial charge >= 0.3 is 5.69 Å². The number of methoxy groups -OCH3 is 1. The number of nitrogens with zero attached hydrogens (tertiary/aromatic N) is 4. The quantitative estimate of drug-likeness (QED) is 0.658. The van der Waals surface area contributed by atoms with Crippen LogP contribution in [0.5, 0.6) is 5.75 Å². The van der Waals surface area contributed by atoms with Gasteiger partial charge in [0.1, 0.15) is 11.3 Å². The lowest BCUT2D eigenvalue weighted by Gasteiger charge is -2.36. The minimum Gasteiger partial charge on any atom is -0.497 e. The molecule has 0 aliphatic carbocycles. The second-order valence-electron chi connectivity index (χ2n) is 7.20. The standard InChI is InChI=1S/C22H23N5O4/c1-31-18-7-5-17(6-8-18)25-10-12-26(13-11-25)20(28)19-14-24-22(30)27(21(19)29)15-16-4-2-3-9-23-16/h2-9,14H,10-13,15H2,1H3,(H,24,30). The number of hydrogen-bond donors (Lipinski definition) is 1. The minimum atomic E-state index is -0.614. The number of H-pyrrole nitrogens is 1. The molecule has 1 aromatic carbocycles. The Hall–Kier alpha value is -3.88. The number of anilines is 1. The van der Waals surface area contributed by atoms with Crippen LogP contribution in [0.25, 0.3) is 0 Å². The van der Waals surface area contributed by atoms with E-state index in [2.05, 4.69) is 14.9 Å². The number of pyridine rings is 1. The van der Waals surface area contributed by atoms with Crippen LogP contribution < -0.4 is 20.9 Å². The summed E-state index contributed by atoms with van der Waals surface area (Å²) < 4.78 is 6.19. The molecule has 0 unspecified atom stereocenters. The molecule has 9 nitrogen and oxygen atoms in total. The highest BCUT2D eigenvalue weighted by Gasteiger charge is 2.25. The molecule has 1 N–H and O–H groups in total. The number of aromatic amines is 1. The molecule has 0 atom stereocenters. The van der Waals surface area contributed by atoms with E-state index in [4.69, 9.17) is 4.74 Å². The van der Waals surface area contributed by atoms with Crippen molar-refractivity contribution >= 4 is 11.6 Å². The molecule has 3 heterocycles. The Morgan fingerprint density at radius 1 is 1.06 bits per heavy atom. The minimum absolute atomic E-state index is 0.00136. The molecule has 9 heteroatoms. The molecular formula is C22H23N5O4. The Bertz CT molecular complexity index is 1160. The highest BCUT2D eigenvalue weighted by atomic mass is 16.5. The first-order valence-electron chi connectivity index (χ1n) is 9.97. The number of ether oxygens (including phenoxy) is 1. The van der Waals surface area contributed by atoms with Gasteiger partial charge in [0.15, 0.2) is 0 Å². The number of carbonyl (C=O) groups is 1. The summed E-state index contributed by atoms with van der Waals surface area (Å²) in [5.41, 5.74) is 0.379. The van der Waals surface area contributed by atoms with Crippen LogP contribution in [0.2, 0.25) is 0 Å². The number of nitrogens with one attached hydrogen (secondary N) is 1. The molecule has 0 radical (unpaired) electrons. The molecule has 4 rings (SSSR count). The van der Waals surface area contributed by atoms with Gasteiger partial charge in [-0.15, -0.1) is 0 Å². The normalized spacial score (nSPS) is 13.8. The molecule has 160 valence electrons. The van der Waals surface area contributed by atoms with Crippen molar-refractivity contribution < 1.29 is 9.53 Å². The maximum Gasteiger partial charge on any atom is 0.328 e. The zero-order chi connectivity index (χ0) is 21.8. The summed E-state index contributed by atoms with van der Waals surface area (Å²) in [7, 11) is 1.63. The van der Waals surface area contributed by atoms with Gasteiger partial charge in [0, 0.05) is 44.3 Å². The number of aromatic nitrogens is 3. The van der Waals surface area contributed by atoms with E-state index >= 15 is 0 Å². The fraction of sp³-hybridized carbons (Fsp3) is 0.273. The van der Waals surface area contributed by atoms with E-state index in [-0.39, 0.29) is 18.0 Å².